The minimum Gasteiger partial charge on any atom is -0.393 e. The monoisotopic (exact) mass is 307 g/mol. The number of rotatable bonds is 2. The number of aryl methyl sites for hydroxylation is 1. The van der Waals surface area contributed by atoms with Crippen molar-refractivity contribution < 1.29 is 14.8 Å². The van der Waals surface area contributed by atoms with Crippen LogP contribution in [-0.4, -0.2) is 40.2 Å². The van der Waals surface area contributed by atoms with Gasteiger partial charge in [0.15, 0.2) is 0 Å². The van der Waals surface area contributed by atoms with Gasteiger partial charge < -0.3 is 15.3 Å². The Balaban J connectivity index is 2.18. The predicted molar refractivity (Wildman–Crippen MR) is 82.9 cm³/mol. The minimum atomic E-state index is -0.455. The number of piperidine rings is 1. The fourth-order valence-electron chi connectivity index (χ4n) is 2.73. The van der Waals surface area contributed by atoms with Gasteiger partial charge in [0.1, 0.15) is 0 Å². The summed E-state index contributed by atoms with van der Waals surface area (Å²) in [5, 5.41) is 23.5. The van der Waals surface area contributed by atoms with Gasteiger partial charge >= 0.3 is 6.03 Å². The molecule has 22 heavy (non-hydrogen) atoms. The topological polar surface area (TPSA) is 95.7 Å². The van der Waals surface area contributed by atoms with Crippen LogP contribution >= 0.6 is 0 Å². The molecular weight excluding hydrogens is 286 g/mol. The number of nitrogens with zero attached hydrogens (tertiary/aromatic N) is 2. The van der Waals surface area contributed by atoms with Gasteiger partial charge in [0.25, 0.3) is 5.69 Å². The highest BCUT2D eigenvalue weighted by Crippen LogP contribution is 2.29. The second-order valence-electron chi connectivity index (χ2n) is 5.87. The quantitative estimate of drug-likeness (QED) is 0.648. The summed E-state index contributed by atoms with van der Waals surface area (Å²) < 4.78 is 0. The molecule has 120 valence electrons. The summed E-state index contributed by atoms with van der Waals surface area (Å²) in [6.45, 7) is 6.27. The van der Waals surface area contributed by atoms with Crippen molar-refractivity contribution in [3.63, 3.8) is 0 Å². The molecule has 7 heteroatoms. The Morgan fingerprint density at radius 2 is 2.14 bits per heavy atom. The zero-order valence-corrected chi connectivity index (χ0v) is 13.0. The van der Waals surface area contributed by atoms with Crippen LogP contribution in [0.2, 0.25) is 0 Å². The van der Waals surface area contributed by atoms with Crippen LogP contribution in [0.1, 0.15) is 24.5 Å². The number of hydrogen-bond acceptors (Lipinski definition) is 4. The van der Waals surface area contributed by atoms with Crippen molar-refractivity contribution in [1.29, 1.82) is 0 Å². The summed E-state index contributed by atoms with van der Waals surface area (Å²) in [4.78, 5) is 24.6. The third kappa shape index (κ3) is 3.19. The van der Waals surface area contributed by atoms with Crippen molar-refractivity contribution in [2.45, 2.75) is 33.3 Å². The highest BCUT2D eigenvalue weighted by Gasteiger charge is 2.28. The van der Waals surface area contributed by atoms with Gasteiger partial charge in [-0.15, -0.1) is 0 Å². The van der Waals surface area contributed by atoms with Crippen LogP contribution in [-0.2, 0) is 0 Å². The molecule has 2 amide bonds. The van der Waals surface area contributed by atoms with Crippen LogP contribution in [0.15, 0.2) is 12.1 Å². The molecule has 1 saturated heterocycles. The van der Waals surface area contributed by atoms with Crippen LogP contribution in [0, 0.1) is 29.9 Å². The fraction of sp³-hybridized carbons (Fsp3) is 0.533. The van der Waals surface area contributed by atoms with Crippen molar-refractivity contribution in [2.75, 3.05) is 18.4 Å². The highest BCUT2D eigenvalue weighted by molar-refractivity contribution is 5.92. The van der Waals surface area contributed by atoms with E-state index in [1.807, 2.05) is 6.92 Å². The lowest BCUT2D eigenvalue weighted by Gasteiger charge is -2.34. The summed E-state index contributed by atoms with van der Waals surface area (Å²) in [6, 6.07) is 2.79. The van der Waals surface area contributed by atoms with E-state index in [0.717, 1.165) is 5.56 Å². The van der Waals surface area contributed by atoms with E-state index >= 15 is 0 Å². The van der Waals surface area contributed by atoms with Crippen molar-refractivity contribution in [3.8, 4) is 0 Å². The number of amides is 2. The van der Waals surface area contributed by atoms with E-state index in [1.165, 1.54) is 6.07 Å². The lowest BCUT2D eigenvalue weighted by molar-refractivity contribution is -0.385. The summed E-state index contributed by atoms with van der Waals surface area (Å²) >= 11 is 0. The van der Waals surface area contributed by atoms with Gasteiger partial charge in [-0.05, 0) is 31.7 Å². The van der Waals surface area contributed by atoms with Crippen LogP contribution in [0.5, 0.6) is 0 Å². The fourth-order valence-corrected chi connectivity index (χ4v) is 2.73. The number of nitro benzene ring substituents is 1. The molecule has 1 aliphatic heterocycles. The molecule has 0 saturated carbocycles. The molecule has 0 unspecified atom stereocenters. The van der Waals surface area contributed by atoms with Crippen LogP contribution < -0.4 is 5.32 Å². The van der Waals surface area contributed by atoms with Crippen molar-refractivity contribution in [2.24, 2.45) is 5.92 Å². The van der Waals surface area contributed by atoms with Gasteiger partial charge in [-0.2, -0.15) is 0 Å². The average Bonchev–Trinajstić information content (AvgIpc) is 2.45. The Hall–Kier alpha value is -2.15. The van der Waals surface area contributed by atoms with E-state index in [-0.39, 0.29) is 23.7 Å². The smallest absolute Gasteiger partial charge is 0.321 e. The van der Waals surface area contributed by atoms with E-state index < -0.39 is 4.92 Å². The molecule has 0 bridgehead atoms. The number of aliphatic hydroxyl groups excluding tert-OH is 1. The Kier molecular flexibility index (Phi) is 4.65. The zero-order chi connectivity index (χ0) is 16.4. The van der Waals surface area contributed by atoms with Crippen LogP contribution in [0.25, 0.3) is 0 Å². The van der Waals surface area contributed by atoms with Gasteiger partial charge in [0.2, 0.25) is 0 Å². The zero-order valence-electron chi connectivity index (χ0n) is 13.0. The molecule has 1 aromatic rings. The Bertz CT molecular complexity index is 603. The maximum atomic E-state index is 12.4. The van der Waals surface area contributed by atoms with E-state index in [2.05, 4.69) is 5.32 Å². The molecule has 2 atom stereocenters. The van der Waals surface area contributed by atoms with Crippen LogP contribution in [0.4, 0.5) is 16.2 Å². The first kappa shape index (κ1) is 16.2. The standard InChI is InChI=1S/C15H21N3O4/c1-9-4-5-12(18(21)22)11(3)14(9)16-15(20)17-7-6-13(19)10(2)8-17/h4-5,10,13,19H,6-8H2,1-3H3,(H,16,20)/t10-,13+/m1/s1. The second kappa shape index (κ2) is 6.31. The molecule has 2 rings (SSSR count). The molecule has 1 aromatic carbocycles. The third-order valence-corrected chi connectivity index (χ3v) is 4.22. The number of urea groups is 1. The predicted octanol–water partition coefficient (Wildman–Crippen LogP) is 2.45. The number of aliphatic hydroxyl groups is 1. The van der Waals surface area contributed by atoms with Crippen LogP contribution in [0.3, 0.4) is 0 Å². The second-order valence-corrected chi connectivity index (χ2v) is 5.87. The summed E-state index contributed by atoms with van der Waals surface area (Å²) in [7, 11) is 0. The number of anilines is 1. The third-order valence-electron chi connectivity index (χ3n) is 4.22. The SMILES string of the molecule is Cc1ccc([N+](=O)[O-])c(C)c1NC(=O)N1CC[C@H](O)[C@H](C)C1. The largest absolute Gasteiger partial charge is 0.393 e. The number of hydrogen-bond donors (Lipinski definition) is 2. The molecule has 1 fully saturated rings. The molecule has 0 aromatic heterocycles. The number of nitro groups is 1. The average molecular weight is 307 g/mol. The molecule has 0 radical (unpaired) electrons. The molecule has 1 heterocycles. The number of nitrogens with one attached hydrogen (secondary N) is 1. The number of benzene rings is 1. The Morgan fingerprint density at radius 3 is 2.73 bits per heavy atom. The van der Waals surface area contributed by atoms with Crippen molar-refractivity contribution >= 4 is 17.4 Å². The highest BCUT2D eigenvalue weighted by atomic mass is 16.6. The van der Waals surface area contributed by atoms with E-state index in [0.29, 0.717) is 30.8 Å². The Labute approximate surface area is 129 Å². The first-order chi connectivity index (χ1) is 10.3. The summed E-state index contributed by atoms with van der Waals surface area (Å²) in [5.41, 5.74) is 1.70. The van der Waals surface area contributed by atoms with E-state index in [1.54, 1.807) is 24.8 Å². The van der Waals surface area contributed by atoms with Gasteiger partial charge in [-0.1, -0.05) is 13.0 Å². The maximum absolute atomic E-state index is 12.4. The number of carbonyl (C=O) groups excluding carboxylic acids is 1. The molecule has 0 spiro atoms. The van der Waals surface area contributed by atoms with E-state index in [4.69, 9.17) is 0 Å². The molecular formula is C15H21N3O4. The normalized spacial score (nSPS) is 21.5. The summed E-state index contributed by atoms with van der Waals surface area (Å²) in [5.74, 6) is 0.0202. The molecule has 7 nitrogen and oxygen atoms in total. The van der Waals surface area contributed by atoms with Crippen molar-refractivity contribution in [3.05, 3.63) is 33.4 Å². The lowest BCUT2D eigenvalue weighted by Crippen LogP contribution is -2.46. The lowest BCUT2D eigenvalue weighted by atomic mass is 9.97. The molecule has 2 N–H and O–H groups in total. The number of carbonyl (C=O) groups is 1. The summed E-state index contributed by atoms with van der Waals surface area (Å²) in [6.07, 6.45) is 0.159. The molecule has 0 aliphatic carbocycles. The minimum absolute atomic E-state index is 0.0108. The number of likely N-dealkylation sites (tertiary alicyclic amines) is 1. The van der Waals surface area contributed by atoms with Gasteiger partial charge in [-0.25, -0.2) is 4.79 Å². The van der Waals surface area contributed by atoms with Crippen molar-refractivity contribution in [1.82, 2.24) is 4.90 Å². The van der Waals surface area contributed by atoms with Gasteiger partial charge in [0.05, 0.1) is 22.3 Å². The van der Waals surface area contributed by atoms with Gasteiger partial charge in [-0.3, -0.25) is 10.1 Å². The van der Waals surface area contributed by atoms with Gasteiger partial charge in [0, 0.05) is 19.2 Å². The first-order valence-corrected chi connectivity index (χ1v) is 7.30. The molecule has 1 aliphatic rings. The van der Waals surface area contributed by atoms with E-state index in [9.17, 15) is 20.0 Å². The first-order valence-electron chi connectivity index (χ1n) is 7.30. The Morgan fingerprint density at radius 1 is 1.45 bits per heavy atom. The maximum Gasteiger partial charge on any atom is 0.321 e.